The zero-order chi connectivity index (χ0) is 14.2. The molecule has 0 aromatic heterocycles. The fourth-order valence-electron chi connectivity index (χ4n) is 2.92. The van der Waals surface area contributed by atoms with Gasteiger partial charge in [-0.1, -0.05) is 30.3 Å². The average molecular weight is 274 g/mol. The van der Waals surface area contributed by atoms with Crippen LogP contribution in [0.3, 0.4) is 0 Å². The monoisotopic (exact) mass is 274 g/mol. The number of hydrogen-bond acceptors (Lipinski definition) is 3. The van der Waals surface area contributed by atoms with E-state index in [1.807, 2.05) is 30.3 Å². The van der Waals surface area contributed by atoms with Gasteiger partial charge in [-0.15, -0.1) is 0 Å². The van der Waals surface area contributed by atoms with Gasteiger partial charge < -0.3 is 15.3 Å². The zero-order valence-electron chi connectivity index (χ0n) is 11.2. The maximum atomic E-state index is 12.4. The van der Waals surface area contributed by atoms with Crippen LogP contribution in [0, 0.1) is 0 Å². The van der Waals surface area contributed by atoms with E-state index in [9.17, 15) is 14.7 Å². The normalized spacial score (nSPS) is 27.1. The van der Waals surface area contributed by atoms with Crippen molar-refractivity contribution in [2.75, 3.05) is 6.54 Å². The minimum Gasteiger partial charge on any atom is -0.390 e. The second kappa shape index (κ2) is 4.90. The Morgan fingerprint density at radius 1 is 1.35 bits per heavy atom. The van der Waals surface area contributed by atoms with Crippen molar-refractivity contribution >= 4 is 12.3 Å². The highest BCUT2D eigenvalue weighted by Crippen LogP contribution is 2.45. The highest BCUT2D eigenvalue weighted by atomic mass is 16.3. The fraction of sp³-hybridized carbons (Fsp3) is 0.467. The number of aliphatic hydroxyl groups is 1. The SMILES string of the molecule is O=CN1CCC(O)C1C(=O)NC1(c2ccccc2)CC1. The Balaban J connectivity index is 1.75. The number of benzene rings is 1. The lowest BCUT2D eigenvalue weighted by atomic mass is 10.0. The molecular weight excluding hydrogens is 256 g/mol. The summed E-state index contributed by atoms with van der Waals surface area (Å²) in [5.74, 6) is -0.261. The molecule has 2 amide bonds. The van der Waals surface area contributed by atoms with Gasteiger partial charge in [-0.25, -0.2) is 0 Å². The van der Waals surface area contributed by atoms with Crippen LogP contribution in [0.25, 0.3) is 0 Å². The van der Waals surface area contributed by atoms with E-state index in [2.05, 4.69) is 5.32 Å². The number of likely N-dealkylation sites (tertiary alicyclic amines) is 1. The quantitative estimate of drug-likeness (QED) is 0.780. The molecule has 1 aromatic carbocycles. The Hall–Kier alpha value is -1.88. The number of rotatable bonds is 4. The topological polar surface area (TPSA) is 69.6 Å². The lowest BCUT2D eigenvalue weighted by Gasteiger charge is -2.25. The Bertz CT molecular complexity index is 513. The third-order valence-electron chi connectivity index (χ3n) is 4.25. The molecule has 2 unspecified atom stereocenters. The molecule has 1 heterocycles. The molecule has 0 bridgehead atoms. The van der Waals surface area contributed by atoms with Gasteiger partial charge in [-0.3, -0.25) is 9.59 Å². The summed E-state index contributed by atoms with van der Waals surface area (Å²) >= 11 is 0. The van der Waals surface area contributed by atoms with Gasteiger partial charge in [-0.05, 0) is 24.8 Å². The molecule has 3 rings (SSSR count). The van der Waals surface area contributed by atoms with Crippen LogP contribution in [-0.4, -0.2) is 41.0 Å². The summed E-state index contributed by atoms with van der Waals surface area (Å²) in [7, 11) is 0. The maximum Gasteiger partial charge on any atom is 0.246 e. The van der Waals surface area contributed by atoms with Crippen LogP contribution in [0.4, 0.5) is 0 Å². The van der Waals surface area contributed by atoms with Crippen molar-refractivity contribution < 1.29 is 14.7 Å². The molecule has 2 atom stereocenters. The largest absolute Gasteiger partial charge is 0.390 e. The summed E-state index contributed by atoms with van der Waals surface area (Å²) in [6, 6.07) is 9.07. The molecule has 0 spiro atoms. The third kappa shape index (κ3) is 2.18. The Kier molecular flexibility index (Phi) is 3.22. The number of nitrogens with one attached hydrogen (secondary N) is 1. The van der Waals surface area contributed by atoms with Crippen molar-refractivity contribution in [2.24, 2.45) is 0 Å². The van der Waals surface area contributed by atoms with E-state index in [1.165, 1.54) is 4.90 Å². The molecule has 1 aliphatic heterocycles. The second-order valence-electron chi connectivity index (χ2n) is 5.58. The number of hydrogen-bond donors (Lipinski definition) is 2. The van der Waals surface area contributed by atoms with Crippen molar-refractivity contribution in [1.82, 2.24) is 10.2 Å². The van der Waals surface area contributed by atoms with Crippen LogP contribution in [0.1, 0.15) is 24.8 Å². The number of carbonyl (C=O) groups is 2. The zero-order valence-corrected chi connectivity index (χ0v) is 11.2. The van der Waals surface area contributed by atoms with Crippen molar-refractivity contribution in [2.45, 2.75) is 36.9 Å². The summed E-state index contributed by atoms with van der Waals surface area (Å²) in [6.07, 6.45) is 2.11. The molecule has 2 N–H and O–H groups in total. The average Bonchev–Trinajstić information content (AvgIpc) is 3.15. The molecule has 1 saturated heterocycles. The molecule has 2 aliphatic rings. The molecule has 2 fully saturated rings. The van der Waals surface area contributed by atoms with Crippen LogP contribution in [0.2, 0.25) is 0 Å². The first kappa shape index (κ1) is 13.1. The van der Waals surface area contributed by atoms with E-state index >= 15 is 0 Å². The van der Waals surface area contributed by atoms with E-state index in [-0.39, 0.29) is 11.4 Å². The molecular formula is C15H18N2O3. The standard InChI is InChI=1S/C15H18N2O3/c18-10-17-9-6-12(19)13(17)14(20)16-15(7-8-15)11-4-2-1-3-5-11/h1-5,10,12-13,19H,6-9H2,(H,16,20). The molecule has 1 aliphatic carbocycles. The first-order valence-electron chi connectivity index (χ1n) is 6.93. The molecule has 0 radical (unpaired) electrons. The second-order valence-corrected chi connectivity index (χ2v) is 5.58. The van der Waals surface area contributed by atoms with Crippen molar-refractivity contribution in [3.63, 3.8) is 0 Å². The van der Waals surface area contributed by atoms with Gasteiger partial charge in [0.05, 0.1) is 11.6 Å². The highest BCUT2D eigenvalue weighted by Gasteiger charge is 2.48. The van der Waals surface area contributed by atoms with Gasteiger partial charge in [0.25, 0.3) is 0 Å². The molecule has 20 heavy (non-hydrogen) atoms. The third-order valence-corrected chi connectivity index (χ3v) is 4.25. The van der Waals surface area contributed by atoms with Gasteiger partial charge in [0.1, 0.15) is 6.04 Å². The van der Waals surface area contributed by atoms with Crippen molar-refractivity contribution in [3.05, 3.63) is 35.9 Å². The van der Waals surface area contributed by atoms with Crippen LogP contribution < -0.4 is 5.32 Å². The molecule has 5 heteroatoms. The Labute approximate surface area is 117 Å². The van der Waals surface area contributed by atoms with E-state index in [1.54, 1.807) is 0 Å². The fourth-order valence-corrected chi connectivity index (χ4v) is 2.92. The number of nitrogens with zero attached hydrogens (tertiary/aromatic N) is 1. The number of aliphatic hydroxyl groups excluding tert-OH is 1. The summed E-state index contributed by atoms with van der Waals surface area (Å²) < 4.78 is 0. The first-order chi connectivity index (χ1) is 9.66. The number of amides is 2. The van der Waals surface area contributed by atoms with Crippen molar-refractivity contribution in [1.29, 1.82) is 0 Å². The van der Waals surface area contributed by atoms with Gasteiger partial charge in [0, 0.05) is 6.54 Å². The number of carbonyl (C=O) groups excluding carboxylic acids is 2. The van der Waals surface area contributed by atoms with E-state index in [0.29, 0.717) is 19.4 Å². The summed E-state index contributed by atoms with van der Waals surface area (Å²) in [6.45, 7) is 0.432. The van der Waals surface area contributed by atoms with Crippen LogP contribution in [0.15, 0.2) is 30.3 Å². The molecule has 106 valence electrons. The Morgan fingerprint density at radius 3 is 2.65 bits per heavy atom. The minimum atomic E-state index is -0.772. The van der Waals surface area contributed by atoms with E-state index in [0.717, 1.165) is 18.4 Å². The maximum absolute atomic E-state index is 12.4. The van der Waals surface area contributed by atoms with E-state index in [4.69, 9.17) is 0 Å². The highest BCUT2D eigenvalue weighted by molar-refractivity contribution is 5.86. The van der Waals surface area contributed by atoms with Crippen LogP contribution in [0.5, 0.6) is 0 Å². The summed E-state index contributed by atoms with van der Waals surface area (Å²) in [5, 5.41) is 12.9. The first-order valence-corrected chi connectivity index (χ1v) is 6.93. The lowest BCUT2D eigenvalue weighted by molar-refractivity contribution is -0.134. The van der Waals surface area contributed by atoms with Gasteiger partial charge in [-0.2, -0.15) is 0 Å². The van der Waals surface area contributed by atoms with Gasteiger partial charge in [0.2, 0.25) is 12.3 Å². The summed E-state index contributed by atoms with van der Waals surface area (Å²) in [4.78, 5) is 24.7. The van der Waals surface area contributed by atoms with Crippen LogP contribution >= 0.6 is 0 Å². The van der Waals surface area contributed by atoms with Crippen LogP contribution in [-0.2, 0) is 15.1 Å². The Morgan fingerprint density at radius 2 is 2.05 bits per heavy atom. The van der Waals surface area contributed by atoms with Crippen molar-refractivity contribution in [3.8, 4) is 0 Å². The summed E-state index contributed by atoms with van der Waals surface area (Å²) in [5.41, 5.74) is 0.772. The molecule has 1 saturated carbocycles. The van der Waals surface area contributed by atoms with E-state index < -0.39 is 12.1 Å². The predicted molar refractivity (Wildman–Crippen MR) is 72.7 cm³/mol. The van der Waals surface area contributed by atoms with Gasteiger partial charge >= 0.3 is 0 Å². The predicted octanol–water partition coefficient (Wildman–Crippen LogP) is 0.384. The minimum absolute atomic E-state index is 0.261. The molecule has 5 nitrogen and oxygen atoms in total. The molecule has 1 aromatic rings. The lowest BCUT2D eigenvalue weighted by Crippen LogP contribution is -2.50. The van der Waals surface area contributed by atoms with Gasteiger partial charge in [0.15, 0.2) is 0 Å². The smallest absolute Gasteiger partial charge is 0.246 e.